The second kappa shape index (κ2) is 26.5. The van der Waals surface area contributed by atoms with Crippen LogP contribution < -0.4 is 26.2 Å². The predicted octanol–water partition coefficient (Wildman–Crippen LogP) is 28.1. The summed E-state index contributed by atoms with van der Waals surface area (Å²) >= 11 is 0. The smallest absolute Gasteiger partial charge is 0.252 e. The first-order valence-electron chi connectivity index (χ1n) is 40.7. The maximum Gasteiger partial charge on any atom is 0.252 e. The van der Waals surface area contributed by atoms with Crippen molar-refractivity contribution in [1.82, 2.24) is 9.13 Å². The summed E-state index contributed by atoms with van der Waals surface area (Å²) in [4.78, 5) is 5.47. The number of nitrogens with zero attached hydrogens (tertiary/aromatic N) is 4. The molecule has 0 amide bonds. The summed E-state index contributed by atoms with van der Waals surface area (Å²) in [6.45, 7) is 42.0. The molecule has 18 rings (SSSR count). The van der Waals surface area contributed by atoms with E-state index in [1.165, 1.54) is 98.9 Å². The van der Waals surface area contributed by atoms with Gasteiger partial charge in [0.2, 0.25) is 0 Å². The maximum absolute atomic E-state index is 2.73. The average molecular weight is 1470 g/mol. The number of fused-ring (bicyclic) bond motifs is 10. The van der Waals surface area contributed by atoms with E-state index in [-0.39, 0.29) is 39.2 Å². The van der Waals surface area contributed by atoms with E-state index in [1.54, 1.807) is 0 Å². The molecule has 2 aromatic heterocycles. The van der Waals surface area contributed by atoms with Gasteiger partial charge < -0.3 is 18.9 Å². The SMILES string of the molecule is CC(C)(C)c1cc(-c2cc3c4c(c2)N(c2c(-c5ccccc5)cccc2-c2ccccc2)c2cc(-n5c6ccc(C(C)(C)C)cc6c6cc(C(C)(C)C)ccc65)ccc2B4c2ccc(-n4c5ccc(C(C)(C)C)cc5c5cc(C(C)(C)C)ccc54)cc2N3c2c(-c3ccccc3)cccc2-c2ccccc2)cc(C(C)(C)C)c1. The van der Waals surface area contributed by atoms with Crippen LogP contribution in [-0.4, -0.2) is 15.8 Å². The Labute approximate surface area is 670 Å². The summed E-state index contributed by atoms with van der Waals surface area (Å²) in [5.41, 5.74) is 36.0. The van der Waals surface area contributed by atoms with Crippen LogP contribution in [0.25, 0.3) is 111 Å². The lowest BCUT2D eigenvalue weighted by Crippen LogP contribution is -2.61. The minimum Gasteiger partial charge on any atom is -0.310 e. The molecule has 5 heteroatoms. The molecule has 0 aliphatic carbocycles. The zero-order valence-corrected chi connectivity index (χ0v) is 69.2. The Morgan fingerprint density at radius 2 is 0.487 bits per heavy atom. The van der Waals surface area contributed by atoms with Gasteiger partial charge in [0.05, 0.1) is 33.4 Å². The average Bonchev–Trinajstić information content (AvgIpc) is 0.934. The molecule has 0 radical (unpaired) electrons. The zero-order chi connectivity index (χ0) is 78.7. The van der Waals surface area contributed by atoms with E-state index in [4.69, 9.17) is 0 Å². The molecule has 14 aromatic carbocycles. The van der Waals surface area contributed by atoms with Crippen molar-refractivity contribution in [3.63, 3.8) is 0 Å². The Kier molecular flexibility index (Phi) is 17.1. The molecule has 558 valence electrons. The molecule has 4 heterocycles. The molecule has 113 heavy (non-hydrogen) atoms. The normalized spacial score (nSPS) is 13.3. The second-order valence-electron chi connectivity index (χ2n) is 38.3. The third-order valence-corrected chi connectivity index (χ3v) is 24.4. The molecule has 2 aliphatic rings. The van der Waals surface area contributed by atoms with Gasteiger partial charge in [-0.3, -0.25) is 0 Å². The lowest BCUT2D eigenvalue weighted by Gasteiger charge is -2.46. The van der Waals surface area contributed by atoms with Crippen molar-refractivity contribution in [2.75, 3.05) is 9.80 Å². The number of benzene rings is 14. The van der Waals surface area contributed by atoms with Crippen molar-refractivity contribution in [1.29, 1.82) is 0 Å². The van der Waals surface area contributed by atoms with Gasteiger partial charge in [-0.25, -0.2) is 0 Å². The minimum atomic E-state index is -0.280. The molecule has 0 spiro atoms. The van der Waals surface area contributed by atoms with Crippen LogP contribution in [0.2, 0.25) is 0 Å². The number of para-hydroxylation sites is 2. The van der Waals surface area contributed by atoms with Crippen LogP contribution in [0.5, 0.6) is 0 Å². The summed E-state index contributed by atoms with van der Waals surface area (Å²) in [6.07, 6.45) is 0. The molecule has 0 atom stereocenters. The van der Waals surface area contributed by atoms with Crippen LogP contribution in [0, 0.1) is 0 Å². The Hall–Kier alpha value is -11.7. The number of rotatable bonds is 9. The highest BCUT2D eigenvalue weighted by Crippen LogP contribution is 2.55. The molecule has 4 nitrogen and oxygen atoms in total. The first-order chi connectivity index (χ1) is 53.8. The van der Waals surface area contributed by atoms with Crippen molar-refractivity contribution in [3.8, 4) is 67.0 Å². The van der Waals surface area contributed by atoms with E-state index in [1.807, 2.05) is 0 Å². The van der Waals surface area contributed by atoms with Gasteiger partial charge in [-0.05, 0) is 201 Å². The lowest BCUT2D eigenvalue weighted by molar-refractivity contribution is 0.569. The van der Waals surface area contributed by atoms with E-state index in [0.717, 1.165) is 95.6 Å². The molecular weight excluding hydrogens is 1360 g/mol. The van der Waals surface area contributed by atoms with E-state index < -0.39 is 0 Å². The summed E-state index contributed by atoms with van der Waals surface area (Å²) in [5.74, 6) is 0. The van der Waals surface area contributed by atoms with Gasteiger partial charge in [-0.1, -0.05) is 337 Å². The van der Waals surface area contributed by atoms with Crippen molar-refractivity contribution in [3.05, 3.63) is 331 Å². The Bertz CT molecular complexity index is 5820. The molecule has 2 aliphatic heterocycles. The Balaban J connectivity index is 1.04. The van der Waals surface area contributed by atoms with Gasteiger partial charge in [-0.2, -0.15) is 0 Å². The molecule has 0 unspecified atom stereocenters. The summed E-state index contributed by atoms with van der Waals surface area (Å²) in [5, 5.41) is 5.04. The largest absolute Gasteiger partial charge is 0.310 e. The summed E-state index contributed by atoms with van der Waals surface area (Å²) < 4.78 is 5.14. The zero-order valence-electron chi connectivity index (χ0n) is 69.2. The minimum absolute atomic E-state index is 0.0677. The fraction of sp³-hybridized carbons (Fsp3) is 0.222. The quantitative estimate of drug-likeness (QED) is 0.134. The van der Waals surface area contributed by atoms with Gasteiger partial charge in [-0.15, -0.1) is 0 Å². The molecule has 0 bridgehead atoms. The topological polar surface area (TPSA) is 16.3 Å². The number of anilines is 6. The fourth-order valence-electron chi connectivity index (χ4n) is 18.0. The van der Waals surface area contributed by atoms with Crippen molar-refractivity contribution in [2.24, 2.45) is 0 Å². The number of hydrogen-bond acceptors (Lipinski definition) is 2. The maximum atomic E-state index is 2.73. The molecule has 0 fully saturated rings. The van der Waals surface area contributed by atoms with Gasteiger partial charge in [0.25, 0.3) is 6.71 Å². The van der Waals surface area contributed by atoms with Gasteiger partial charge in [0.15, 0.2) is 0 Å². The van der Waals surface area contributed by atoms with Crippen molar-refractivity contribution >= 4 is 101 Å². The van der Waals surface area contributed by atoms with Crippen molar-refractivity contribution in [2.45, 2.75) is 157 Å². The standard InChI is InChI=1S/C108H103BN4/c1-103(2,3)74-45-53-92-86(62-74)87-63-75(104(4,5)6)46-54-93(87)110(92)80-49-51-90-96(66-80)112(101-82(68-33-23-19-24-34-68)41-31-42-83(101)69-35-25-20-26-36-69)98-59-73(72-57-78(107(13,14)15)61-79(58-72)108(16,17)18)60-99-100(98)109(90)91-52-50-81(111-94-55-47-76(105(7,8)9)64-88(94)89-65-77(106(10,11)12)48-56-95(89)111)67-97(91)113(99)102-84(70-37-27-21-28-38-70)43-32-44-85(102)71-39-29-22-30-40-71/h19-67H,1-18H3. The Morgan fingerprint density at radius 3 is 0.761 bits per heavy atom. The highest BCUT2D eigenvalue weighted by Gasteiger charge is 2.46. The first kappa shape index (κ1) is 72.9. The molecular formula is C108H103BN4. The van der Waals surface area contributed by atoms with Crippen LogP contribution in [-0.2, 0) is 32.5 Å². The van der Waals surface area contributed by atoms with Crippen molar-refractivity contribution < 1.29 is 0 Å². The van der Waals surface area contributed by atoms with Crippen LogP contribution >= 0.6 is 0 Å². The van der Waals surface area contributed by atoms with E-state index in [2.05, 4.69) is 441 Å². The van der Waals surface area contributed by atoms with Gasteiger partial charge >= 0.3 is 0 Å². The molecule has 0 saturated carbocycles. The van der Waals surface area contributed by atoms with E-state index >= 15 is 0 Å². The van der Waals surface area contributed by atoms with Crippen LogP contribution in [0.1, 0.15) is 158 Å². The van der Waals surface area contributed by atoms with Crippen LogP contribution in [0.15, 0.2) is 297 Å². The first-order valence-corrected chi connectivity index (χ1v) is 40.7. The second-order valence-corrected chi connectivity index (χ2v) is 38.3. The Morgan fingerprint density at radius 1 is 0.212 bits per heavy atom. The molecule has 0 saturated heterocycles. The van der Waals surface area contributed by atoms with E-state index in [0.29, 0.717) is 0 Å². The lowest BCUT2D eigenvalue weighted by atomic mass is 9.33. The van der Waals surface area contributed by atoms with Gasteiger partial charge in [0, 0.05) is 77.9 Å². The van der Waals surface area contributed by atoms with Gasteiger partial charge in [0.1, 0.15) is 0 Å². The highest BCUT2D eigenvalue weighted by molar-refractivity contribution is 7.00. The highest BCUT2D eigenvalue weighted by atomic mass is 15.2. The third-order valence-electron chi connectivity index (χ3n) is 24.4. The summed E-state index contributed by atoms with van der Waals surface area (Å²) in [7, 11) is 0. The molecule has 0 N–H and O–H groups in total. The summed E-state index contributed by atoms with van der Waals surface area (Å²) in [6, 6.07) is 115. The fourth-order valence-corrected chi connectivity index (χ4v) is 18.0. The molecule has 16 aromatic rings. The van der Waals surface area contributed by atoms with E-state index in [9.17, 15) is 0 Å². The predicted molar refractivity (Wildman–Crippen MR) is 489 cm³/mol. The van der Waals surface area contributed by atoms with Crippen LogP contribution in [0.4, 0.5) is 34.1 Å². The monoisotopic (exact) mass is 1470 g/mol. The third kappa shape index (κ3) is 12.5. The van der Waals surface area contributed by atoms with Crippen LogP contribution in [0.3, 0.4) is 0 Å². The number of hydrogen-bond donors (Lipinski definition) is 0. The number of aromatic nitrogens is 2.